The predicted molar refractivity (Wildman–Crippen MR) is 43.2 cm³/mol. The molecule has 0 aromatic rings. The normalized spacial score (nSPS) is 21.2. The molecule has 2 amide bonds. The summed E-state index contributed by atoms with van der Waals surface area (Å²) in [5.74, 6) is 0.0146. The van der Waals surface area contributed by atoms with Crippen LogP contribution in [0.2, 0.25) is 0 Å². The third-order valence-corrected chi connectivity index (χ3v) is 1.92. The lowest BCUT2D eigenvalue weighted by Gasteiger charge is -2.31. The van der Waals surface area contributed by atoms with Crippen LogP contribution in [0.25, 0.3) is 0 Å². The van der Waals surface area contributed by atoms with Crippen LogP contribution in [0.15, 0.2) is 0 Å². The van der Waals surface area contributed by atoms with Crippen LogP contribution >= 0.6 is 0 Å². The summed E-state index contributed by atoms with van der Waals surface area (Å²) in [5, 5.41) is 5.31. The maximum absolute atomic E-state index is 10.9. The number of nitrogens with one attached hydrogen (secondary N) is 2. The maximum Gasteiger partial charge on any atom is 0.234 e. The van der Waals surface area contributed by atoms with E-state index in [4.69, 9.17) is 0 Å². The summed E-state index contributed by atoms with van der Waals surface area (Å²) in [5.41, 5.74) is 0. The van der Waals surface area contributed by atoms with Gasteiger partial charge < -0.3 is 10.6 Å². The van der Waals surface area contributed by atoms with E-state index in [9.17, 15) is 9.59 Å². The number of nitrogens with zero attached hydrogens (tertiary/aromatic N) is 1. The lowest BCUT2D eigenvalue weighted by Crippen LogP contribution is -2.54. The minimum atomic E-state index is -0.0615. The first-order chi connectivity index (χ1) is 5.74. The lowest BCUT2D eigenvalue weighted by molar-refractivity contribution is -0.125. The third-order valence-electron chi connectivity index (χ3n) is 1.92. The zero-order chi connectivity index (χ0) is 8.97. The van der Waals surface area contributed by atoms with Gasteiger partial charge in [-0.05, 0) is 6.92 Å². The second-order valence-corrected chi connectivity index (χ2v) is 2.78. The second kappa shape index (κ2) is 4.06. The molecular weight excluding hydrogens is 158 g/mol. The topological polar surface area (TPSA) is 61.4 Å². The number of rotatable bonds is 3. The van der Waals surface area contributed by atoms with E-state index in [1.54, 1.807) is 0 Å². The Kier molecular flexibility index (Phi) is 3.04. The first-order valence-electron chi connectivity index (χ1n) is 3.94. The summed E-state index contributed by atoms with van der Waals surface area (Å²) >= 11 is 0. The quantitative estimate of drug-likeness (QED) is 0.509. The van der Waals surface area contributed by atoms with Crippen molar-refractivity contribution >= 4 is 12.3 Å². The maximum atomic E-state index is 10.9. The molecule has 0 bridgehead atoms. The molecule has 0 aromatic carbocycles. The molecule has 1 rings (SSSR count). The fourth-order valence-electron chi connectivity index (χ4n) is 1.19. The molecule has 1 aliphatic heterocycles. The van der Waals surface area contributed by atoms with Crippen molar-refractivity contribution in [3.05, 3.63) is 0 Å². The van der Waals surface area contributed by atoms with E-state index in [0.29, 0.717) is 19.5 Å². The SMILES string of the molecule is CC(NC=O)N1CCNC(=O)C1. The molecule has 1 aliphatic rings. The number of amides is 2. The molecular formula is C7H13N3O2. The van der Waals surface area contributed by atoms with Gasteiger partial charge in [0, 0.05) is 13.1 Å². The first-order valence-corrected chi connectivity index (χ1v) is 3.94. The Morgan fingerprint density at radius 1 is 1.75 bits per heavy atom. The summed E-state index contributed by atoms with van der Waals surface area (Å²) in [6, 6.07) is 0. The van der Waals surface area contributed by atoms with Crippen LogP contribution in [0, 0.1) is 0 Å². The molecule has 1 atom stereocenters. The van der Waals surface area contributed by atoms with Crippen molar-refractivity contribution in [1.82, 2.24) is 15.5 Å². The Morgan fingerprint density at radius 3 is 3.08 bits per heavy atom. The van der Waals surface area contributed by atoms with Crippen molar-refractivity contribution in [3.8, 4) is 0 Å². The molecule has 5 nitrogen and oxygen atoms in total. The Hall–Kier alpha value is -1.10. The van der Waals surface area contributed by atoms with Gasteiger partial charge in [-0.3, -0.25) is 14.5 Å². The molecule has 68 valence electrons. The van der Waals surface area contributed by atoms with Crippen molar-refractivity contribution in [2.45, 2.75) is 13.1 Å². The van der Waals surface area contributed by atoms with Gasteiger partial charge in [-0.25, -0.2) is 0 Å². The van der Waals surface area contributed by atoms with Crippen molar-refractivity contribution in [1.29, 1.82) is 0 Å². The first kappa shape index (κ1) is 8.99. The highest BCUT2D eigenvalue weighted by atomic mass is 16.2. The van der Waals surface area contributed by atoms with E-state index in [1.807, 2.05) is 11.8 Å². The largest absolute Gasteiger partial charge is 0.354 e. The fraction of sp³-hybridized carbons (Fsp3) is 0.714. The van der Waals surface area contributed by atoms with Crippen molar-refractivity contribution in [2.75, 3.05) is 19.6 Å². The molecule has 5 heteroatoms. The molecule has 1 heterocycles. The predicted octanol–water partition coefficient (Wildman–Crippen LogP) is -1.49. The third kappa shape index (κ3) is 2.20. The van der Waals surface area contributed by atoms with Gasteiger partial charge in [-0.15, -0.1) is 0 Å². The average Bonchev–Trinajstić information content (AvgIpc) is 2.05. The molecule has 0 saturated carbocycles. The van der Waals surface area contributed by atoms with E-state index in [0.717, 1.165) is 6.54 Å². The zero-order valence-electron chi connectivity index (χ0n) is 7.04. The van der Waals surface area contributed by atoms with Gasteiger partial charge in [-0.2, -0.15) is 0 Å². The number of hydrogen-bond acceptors (Lipinski definition) is 3. The highest BCUT2D eigenvalue weighted by Crippen LogP contribution is 1.97. The van der Waals surface area contributed by atoms with E-state index < -0.39 is 0 Å². The van der Waals surface area contributed by atoms with E-state index >= 15 is 0 Å². The van der Waals surface area contributed by atoms with Gasteiger partial charge >= 0.3 is 0 Å². The Labute approximate surface area is 71.1 Å². The Bertz CT molecular complexity index is 183. The molecule has 12 heavy (non-hydrogen) atoms. The Morgan fingerprint density at radius 2 is 2.50 bits per heavy atom. The molecule has 1 fully saturated rings. The minimum absolute atomic E-state index is 0.0146. The van der Waals surface area contributed by atoms with Gasteiger partial charge in [0.1, 0.15) is 0 Å². The van der Waals surface area contributed by atoms with Crippen molar-refractivity contribution in [2.24, 2.45) is 0 Å². The average molecular weight is 171 g/mol. The van der Waals surface area contributed by atoms with E-state index in [-0.39, 0.29) is 12.1 Å². The fourth-order valence-corrected chi connectivity index (χ4v) is 1.19. The Balaban J connectivity index is 2.39. The lowest BCUT2D eigenvalue weighted by atomic mass is 10.3. The number of piperazine rings is 1. The molecule has 1 saturated heterocycles. The van der Waals surface area contributed by atoms with Crippen LogP contribution in [-0.4, -0.2) is 43.0 Å². The standard InChI is InChI=1S/C7H13N3O2/c1-6(9-5-11)10-3-2-8-7(12)4-10/h5-6H,2-4H2,1H3,(H,8,12)(H,9,11). The summed E-state index contributed by atoms with van der Waals surface area (Å²) < 4.78 is 0. The van der Waals surface area contributed by atoms with Crippen LogP contribution in [0.5, 0.6) is 0 Å². The molecule has 0 aromatic heterocycles. The van der Waals surface area contributed by atoms with Gasteiger partial charge in [0.25, 0.3) is 0 Å². The number of hydrogen-bond donors (Lipinski definition) is 2. The highest BCUT2D eigenvalue weighted by molar-refractivity contribution is 5.78. The van der Waals surface area contributed by atoms with Crippen LogP contribution in [-0.2, 0) is 9.59 Å². The molecule has 2 N–H and O–H groups in total. The number of carbonyl (C=O) groups excluding carboxylic acids is 2. The van der Waals surface area contributed by atoms with Gasteiger partial charge in [-0.1, -0.05) is 0 Å². The van der Waals surface area contributed by atoms with E-state index in [2.05, 4.69) is 10.6 Å². The number of carbonyl (C=O) groups is 2. The molecule has 0 radical (unpaired) electrons. The smallest absolute Gasteiger partial charge is 0.234 e. The second-order valence-electron chi connectivity index (χ2n) is 2.78. The van der Waals surface area contributed by atoms with Gasteiger partial charge in [0.05, 0.1) is 12.7 Å². The van der Waals surface area contributed by atoms with Crippen LogP contribution in [0.4, 0.5) is 0 Å². The van der Waals surface area contributed by atoms with Crippen LogP contribution in [0.1, 0.15) is 6.92 Å². The van der Waals surface area contributed by atoms with Gasteiger partial charge in [0.15, 0.2) is 0 Å². The molecule has 0 spiro atoms. The van der Waals surface area contributed by atoms with Crippen LogP contribution < -0.4 is 10.6 Å². The summed E-state index contributed by atoms with van der Waals surface area (Å²) in [4.78, 5) is 22.9. The van der Waals surface area contributed by atoms with Crippen molar-refractivity contribution < 1.29 is 9.59 Å². The minimum Gasteiger partial charge on any atom is -0.354 e. The van der Waals surface area contributed by atoms with E-state index in [1.165, 1.54) is 0 Å². The summed E-state index contributed by atoms with van der Waals surface area (Å²) in [6.07, 6.45) is 0.588. The highest BCUT2D eigenvalue weighted by Gasteiger charge is 2.19. The monoisotopic (exact) mass is 171 g/mol. The van der Waals surface area contributed by atoms with Crippen molar-refractivity contribution in [3.63, 3.8) is 0 Å². The summed E-state index contributed by atoms with van der Waals surface area (Å²) in [7, 11) is 0. The van der Waals surface area contributed by atoms with Crippen LogP contribution in [0.3, 0.4) is 0 Å². The van der Waals surface area contributed by atoms with Gasteiger partial charge in [0.2, 0.25) is 12.3 Å². The zero-order valence-corrected chi connectivity index (χ0v) is 7.04. The molecule has 1 unspecified atom stereocenters. The molecule has 0 aliphatic carbocycles. The summed E-state index contributed by atoms with van der Waals surface area (Å²) in [6.45, 7) is 3.66.